The van der Waals surface area contributed by atoms with Gasteiger partial charge in [0.25, 0.3) is 0 Å². The number of rotatable bonds is 9. The van der Waals surface area contributed by atoms with Crippen molar-refractivity contribution >= 4 is 39.9 Å². The molecular formula is C19H11Cl2F3N2O6. The number of carbonyl (C=O) groups is 2. The number of benzene rings is 2. The summed E-state index contributed by atoms with van der Waals surface area (Å²) < 4.78 is 48.9. The van der Waals surface area contributed by atoms with E-state index in [-0.39, 0.29) is 22.3 Å². The molecule has 8 nitrogen and oxygen atoms in total. The zero-order chi connectivity index (χ0) is 24.1. The van der Waals surface area contributed by atoms with Gasteiger partial charge in [0.05, 0.1) is 28.2 Å². The van der Waals surface area contributed by atoms with Crippen molar-refractivity contribution in [1.82, 2.24) is 0 Å². The van der Waals surface area contributed by atoms with Crippen LogP contribution < -0.4 is 9.47 Å². The van der Waals surface area contributed by atoms with E-state index in [0.717, 1.165) is 24.3 Å². The molecule has 0 spiro atoms. The summed E-state index contributed by atoms with van der Waals surface area (Å²) in [6, 6.07) is 7.09. The maximum absolute atomic E-state index is 12.7. The third kappa shape index (κ3) is 6.32. The van der Waals surface area contributed by atoms with Crippen molar-refractivity contribution in [3.63, 3.8) is 0 Å². The van der Waals surface area contributed by atoms with Gasteiger partial charge in [0.1, 0.15) is 11.5 Å². The average Bonchev–Trinajstić information content (AvgIpc) is 2.69. The molecular weight excluding hydrogens is 480 g/mol. The first-order valence-corrected chi connectivity index (χ1v) is 9.27. The molecule has 0 heterocycles. The highest BCUT2D eigenvalue weighted by atomic mass is 35.5. The Morgan fingerprint density at radius 3 is 2.41 bits per heavy atom. The molecule has 0 saturated carbocycles. The van der Waals surface area contributed by atoms with Crippen LogP contribution in [-0.4, -0.2) is 22.6 Å². The first kappa shape index (κ1) is 24.9. The summed E-state index contributed by atoms with van der Waals surface area (Å²) in [5.74, 6) is -3.04. The summed E-state index contributed by atoms with van der Waals surface area (Å²) in [6.45, 7) is -0.424. The van der Waals surface area contributed by atoms with E-state index in [2.05, 4.69) is 0 Å². The molecule has 0 bridgehead atoms. The molecule has 13 heteroatoms. The second-order valence-corrected chi connectivity index (χ2v) is 6.84. The van der Waals surface area contributed by atoms with Gasteiger partial charge in [0, 0.05) is 18.6 Å². The highest BCUT2D eigenvalue weighted by Crippen LogP contribution is 2.38. The standard InChI is InChI=1S/C19H11Cl2F3N2O6/c20-13-7-10(19(22,23)24)1-4-16(13)32-11-2-3-14(26(29)30)17(8-11)31-6-5-15(27)12(9-25)18(21)28/h1-4,7-8,12H,5-6H2. The molecule has 0 fully saturated rings. The number of Topliss-reactive ketones (excluding diaryl/α,β-unsaturated/α-hetero) is 1. The first-order valence-electron chi connectivity index (χ1n) is 8.51. The highest BCUT2D eigenvalue weighted by molar-refractivity contribution is 6.66. The number of nitrogens with zero attached hydrogens (tertiary/aromatic N) is 2. The normalized spacial score (nSPS) is 11.9. The van der Waals surface area contributed by atoms with E-state index in [1.54, 1.807) is 0 Å². The minimum absolute atomic E-state index is 0.0515. The van der Waals surface area contributed by atoms with Crippen molar-refractivity contribution in [2.24, 2.45) is 5.92 Å². The lowest BCUT2D eigenvalue weighted by Crippen LogP contribution is -2.20. The van der Waals surface area contributed by atoms with Crippen LogP contribution in [0.25, 0.3) is 0 Å². The van der Waals surface area contributed by atoms with E-state index < -0.39 is 52.3 Å². The summed E-state index contributed by atoms with van der Waals surface area (Å²) in [7, 11) is 0. The van der Waals surface area contributed by atoms with Gasteiger partial charge >= 0.3 is 11.9 Å². The molecule has 0 radical (unpaired) electrons. The maximum atomic E-state index is 12.7. The van der Waals surface area contributed by atoms with Gasteiger partial charge in [-0.05, 0) is 35.9 Å². The van der Waals surface area contributed by atoms with E-state index in [4.69, 9.17) is 37.9 Å². The second-order valence-electron chi connectivity index (χ2n) is 6.06. The predicted octanol–water partition coefficient (Wildman–Crippen LogP) is 5.30. The monoisotopic (exact) mass is 490 g/mol. The molecule has 0 aliphatic heterocycles. The SMILES string of the molecule is N#CC(C(=O)Cl)C(=O)CCOc1cc(Oc2ccc(C(F)(F)F)cc2Cl)ccc1[N+](=O)[O-]. The Labute approximate surface area is 188 Å². The zero-order valence-electron chi connectivity index (χ0n) is 15.7. The summed E-state index contributed by atoms with van der Waals surface area (Å²) in [5.41, 5.74) is -1.48. The number of carbonyl (C=O) groups excluding carboxylic acids is 2. The Bertz CT molecular complexity index is 1100. The van der Waals surface area contributed by atoms with Crippen LogP contribution in [0.5, 0.6) is 17.2 Å². The average molecular weight is 491 g/mol. The number of hydrogen-bond donors (Lipinski definition) is 0. The van der Waals surface area contributed by atoms with E-state index in [1.165, 1.54) is 12.1 Å². The van der Waals surface area contributed by atoms with Crippen molar-refractivity contribution in [2.75, 3.05) is 6.61 Å². The molecule has 0 N–H and O–H groups in total. The molecule has 0 saturated heterocycles. The summed E-state index contributed by atoms with van der Waals surface area (Å²) in [6.07, 6.45) is -5.05. The Balaban J connectivity index is 2.19. The topological polar surface area (TPSA) is 120 Å². The molecule has 0 amide bonds. The van der Waals surface area contributed by atoms with Crippen molar-refractivity contribution < 1.29 is 37.2 Å². The van der Waals surface area contributed by atoms with Gasteiger partial charge in [-0.15, -0.1) is 0 Å². The van der Waals surface area contributed by atoms with Gasteiger partial charge in [-0.3, -0.25) is 19.7 Å². The van der Waals surface area contributed by atoms with Gasteiger partial charge in [-0.2, -0.15) is 18.4 Å². The molecule has 0 aromatic heterocycles. The predicted molar refractivity (Wildman–Crippen MR) is 105 cm³/mol. The molecule has 1 unspecified atom stereocenters. The minimum atomic E-state index is -4.60. The molecule has 1 atom stereocenters. The number of alkyl halides is 3. The lowest BCUT2D eigenvalue weighted by molar-refractivity contribution is -0.385. The van der Waals surface area contributed by atoms with Crippen LogP contribution in [-0.2, 0) is 15.8 Å². The smallest absolute Gasteiger partial charge is 0.416 e. The van der Waals surface area contributed by atoms with Crippen LogP contribution in [0.2, 0.25) is 5.02 Å². The Kier molecular flexibility index (Phi) is 8.02. The fourth-order valence-electron chi connectivity index (χ4n) is 2.37. The number of nitriles is 1. The van der Waals surface area contributed by atoms with Crippen LogP contribution in [0, 0.1) is 27.4 Å². The summed E-state index contributed by atoms with van der Waals surface area (Å²) in [5, 5.41) is 18.5. The number of hydrogen-bond acceptors (Lipinski definition) is 7. The Morgan fingerprint density at radius 1 is 1.19 bits per heavy atom. The number of ether oxygens (including phenoxy) is 2. The van der Waals surface area contributed by atoms with E-state index in [9.17, 15) is 32.9 Å². The van der Waals surface area contributed by atoms with Crippen LogP contribution >= 0.6 is 23.2 Å². The Morgan fingerprint density at radius 2 is 1.88 bits per heavy atom. The zero-order valence-corrected chi connectivity index (χ0v) is 17.2. The number of ketones is 1. The highest BCUT2D eigenvalue weighted by Gasteiger charge is 2.31. The fourth-order valence-corrected chi connectivity index (χ4v) is 2.76. The van der Waals surface area contributed by atoms with E-state index >= 15 is 0 Å². The third-order valence-electron chi connectivity index (χ3n) is 3.90. The quantitative estimate of drug-likeness (QED) is 0.202. The Hall–Kier alpha value is -3.36. The number of nitro groups is 1. The van der Waals surface area contributed by atoms with Gasteiger partial charge < -0.3 is 9.47 Å². The van der Waals surface area contributed by atoms with Crippen LogP contribution in [0.3, 0.4) is 0 Å². The lowest BCUT2D eigenvalue weighted by atomic mass is 10.1. The van der Waals surface area contributed by atoms with Crippen LogP contribution in [0.15, 0.2) is 36.4 Å². The number of nitro benzene ring substituents is 1. The lowest BCUT2D eigenvalue weighted by Gasteiger charge is -2.12. The van der Waals surface area contributed by atoms with Crippen LogP contribution in [0.4, 0.5) is 18.9 Å². The van der Waals surface area contributed by atoms with Gasteiger partial charge in [-0.1, -0.05) is 11.6 Å². The van der Waals surface area contributed by atoms with Gasteiger partial charge in [0.15, 0.2) is 11.7 Å². The molecule has 32 heavy (non-hydrogen) atoms. The molecule has 0 aliphatic carbocycles. The molecule has 168 valence electrons. The third-order valence-corrected chi connectivity index (χ3v) is 4.41. The largest absolute Gasteiger partial charge is 0.486 e. The number of halogens is 5. The molecule has 2 rings (SSSR count). The van der Waals surface area contributed by atoms with Crippen molar-refractivity contribution in [2.45, 2.75) is 12.6 Å². The maximum Gasteiger partial charge on any atom is 0.416 e. The van der Waals surface area contributed by atoms with E-state index in [1.807, 2.05) is 0 Å². The minimum Gasteiger partial charge on any atom is -0.486 e. The second kappa shape index (κ2) is 10.3. The summed E-state index contributed by atoms with van der Waals surface area (Å²) in [4.78, 5) is 33.3. The first-order chi connectivity index (χ1) is 14.9. The van der Waals surface area contributed by atoms with Crippen molar-refractivity contribution in [1.29, 1.82) is 5.26 Å². The van der Waals surface area contributed by atoms with Gasteiger partial charge in [-0.25, -0.2) is 0 Å². The molecule has 2 aromatic carbocycles. The van der Waals surface area contributed by atoms with Crippen molar-refractivity contribution in [3.05, 3.63) is 57.1 Å². The van der Waals surface area contributed by atoms with Crippen molar-refractivity contribution in [3.8, 4) is 23.3 Å². The van der Waals surface area contributed by atoms with Crippen LogP contribution in [0.1, 0.15) is 12.0 Å². The van der Waals surface area contributed by atoms with Gasteiger partial charge in [0.2, 0.25) is 11.0 Å². The molecule has 0 aliphatic rings. The summed E-state index contributed by atoms with van der Waals surface area (Å²) >= 11 is 11.0. The van der Waals surface area contributed by atoms with E-state index in [0.29, 0.717) is 6.07 Å². The fraction of sp³-hybridized carbons (Fsp3) is 0.211. The molecule has 2 aromatic rings.